The van der Waals surface area contributed by atoms with Crippen molar-refractivity contribution in [2.45, 2.75) is 32.2 Å². The van der Waals surface area contributed by atoms with Crippen LogP contribution in [0.15, 0.2) is 22.7 Å². The largest absolute Gasteiger partial charge is 0.383 e. The van der Waals surface area contributed by atoms with Gasteiger partial charge < -0.3 is 15.4 Å². The van der Waals surface area contributed by atoms with Crippen molar-refractivity contribution in [3.8, 4) is 0 Å². The number of hydrogen-bond donors (Lipinski definition) is 1. The molecule has 4 heteroatoms. The third-order valence-electron chi connectivity index (χ3n) is 4.11. The molecular weight excluding hydrogens is 316 g/mol. The zero-order valence-electron chi connectivity index (χ0n) is 12.4. The highest BCUT2D eigenvalue weighted by Crippen LogP contribution is 2.37. The molecule has 1 saturated carbocycles. The number of hydrogen-bond acceptors (Lipinski definition) is 3. The fourth-order valence-electron chi connectivity index (χ4n) is 2.66. The number of benzene rings is 1. The van der Waals surface area contributed by atoms with Gasteiger partial charge in [0.1, 0.15) is 0 Å². The normalized spacial score (nSPS) is 16.2. The van der Waals surface area contributed by atoms with Gasteiger partial charge in [0, 0.05) is 29.9 Å². The fraction of sp³-hybridized carbons (Fsp3) is 0.625. The standard InChI is InChI=1S/C16H25BrN2O/c1-12(13-3-4-13)19(9-10-20-2)15-6-5-14(7-8-18)16(17)11-15/h5-6,11-13H,3-4,7-10,18H2,1-2H3. The number of methoxy groups -OCH3 is 1. The first-order valence-electron chi connectivity index (χ1n) is 7.41. The first-order chi connectivity index (χ1) is 9.67. The van der Waals surface area contributed by atoms with Gasteiger partial charge in [-0.2, -0.15) is 0 Å². The van der Waals surface area contributed by atoms with Crippen LogP contribution in [0.4, 0.5) is 5.69 Å². The van der Waals surface area contributed by atoms with Gasteiger partial charge in [-0.15, -0.1) is 0 Å². The summed E-state index contributed by atoms with van der Waals surface area (Å²) in [5.41, 5.74) is 8.19. The lowest BCUT2D eigenvalue weighted by Gasteiger charge is -2.32. The van der Waals surface area contributed by atoms with Crippen molar-refractivity contribution < 1.29 is 4.74 Å². The maximum Gasteiger partial charge on any atom is 0.0637 e. The summed E-state index contributed by atoms with van der Waals surface area (Å²) < 4.78 is 6.42. The first-order valence-corrected chi connectivity index (χ1v) is 8.20. The van der Waals surface area contributed by atoms with Gasteiger partial charge in [0.15, 0.2) is 0 Å². The van der Waals surface area contributed by atoms with Crippen molar-refractivity contribution >= 4 is 21.6 Å². The highest BCUT2D eigenvalue weighted by Gasteiger charge is 2.32. The van der Waals surface area contributed by atoms with Crippen LogP contribution in [0.2, 0.25) is 0 Å². The Balaban J connectivity index is 2.16. The van der Waals surface area contributed by atoms with Crippen LogP contribution in [-0.4, -0.2) is 32.8 Å². The van der Waals surface area contributed by atoms with E-state index in [2.05, 4.69) is 46.0 Å². The smallest absolute Gasteiger partial charge is 0.0637 e. The molecule has 0 saturated heterocycles. The van der Waals surface area contributed by atoms with Crippen molar-refractivity contribution in [3.63, 3.8) is 0 Å². The summed E-state index contributed by atoms with van der Waals surface area (Å²) in [5, 5.41) is 0. The van der Waals surface area contributed by atoms with E-state index in [0.717, 1.165) is 30.0 Å². The lowest BCUT2D eigenvalue weighted by Crippen LogP contribution is -2.37. The Hall–Kier alpha value is -0.580. The predicted molar refractivity (Wildman–Crippen MR) is 88.3 cm³/mol. The third kappa shape index (κ3) is 3.96. The molecular formula is C16H25BrN2O. The minimum atomic E-state index is 0.581. The lowest BCUT2D eigenvalue weighted by atomic mass is 10.1. The molecule has 1 aliphatic rings. The van der Waals surface area contributed by atoms with E-state index in [-0.39, 0.29) is 0 Å². The average molecular weight is 341 g/mol. The molecule has 0 bridgehead atoms. The fourth-order valence-corrected chi connectivity index (χ4v) is 3.23. The topological polar surface area (TPSA) is 38.5 Å². The molecule has 20 heavy (non-hydrogen) atoms. The zero-order chi connectivity index (χ0) is 14.5. The second-order valence-corrected chi connectivity index (χ2v) is 6.43. The predicted octanol–water partition coefficient (Wildman–Crippen LogP) is 3.20. The van der Waals surface area contributed by atoms with E-state index in [1.54, 1.807) is 7.11 Å². The number of rotatable bonds is 8. The van der Waals surface area contributed by atoms with Gasteiger partial charge in [-0.1, -0.05) is 22.0 Å². The van der Waals surface area contributed by atoms with E-state index in [9.17, 15) is 0 Å². The maximum absolute atomic E-state index is 5.64. The van der Waals surface area contributed by atoms with Crippen LogP contribution in [0.5, 0.6) is 0 Å². The number of nitrogens with two attached hydrogens (primary N) is 1. The van der Waals surface area contributed by atoms with Crippen LogP contribution in [0, 0.1) is 5.92 Å². The van der Waals surface area contributed by atoms with Crippen LogP contribution in [0.3, 0.4) is 0 Å². The Morgan fingerprint density at radius 1 is 1.45 bits per heavy atom. The van der Waals surface area contributed by atoms with Crippen molar-refractivity contribution in [1.82, 2.24) is 0 Å². The minimum Gasteiger partial charge on any atom is -0.383 e. The van der Waals surface area contributed by atoms with Crippen molar-refractivity contribution in [2.75, 3.05) is 31.7 Å². The molecule has 2 rings (SSSR count). The van der Waals surface area contributed by atoms with Gasteiger partial charge in [-0.3, -0.25) is 0 Å². The van der Waals surface area contributed by atoms with E-state index in [4.69, 9.17) is 10.5 Å². The van der Waals surface area contributed by atoms with Crippen molar-refractivity contribution in [1.29, 1.82) is 0 Å². The zero-order valence-corrected chi connectivity index (χ0v) is 14.0. The van der Waals surface area contributed by atoms with Crippen molar-refractivity contribution in [3.05, 3.63) is 28.2 Å². The summed E-state index contributed by atoms with van der Waals surface area (Å²) >= 11 is 3.67. The summed E-state index contributed by atoms with van der Waals surface area (Å²) in [6, 6.07) is 7.20. The highest BCUT2D eigenvalue weighted by atomic mass is 79.9. The van der Waals surface area contributed by atoms with Gasteiger partial charge in [0.2, 0.25) is 0 Å². The Bertz CT molecular complexity index is 434. The number of anilines is 1. The highest BCUT2D eigenvalue weighted by molar-refractivity contribution is 9.10. The molecule has 1 aliphatic carbocycles. The summed E-state index contributed by atoms with van der Waals surface area (Å²) in [5.74, 6) is 0.842. The van der Waals surface area contributed by atoms with Gasteiger partial charge in [0.05, 0.1) is 6.61 Å². The second-order valence-electron chi connectivity index (χ2n) is 5.58. The van der Waals surface area contributed by atoms with E-state index < -0.39 is 0 Å². The Morgan fingerprint density at radius 2 is 2.20 bits per heavy atom. The molecule has 0 radical (unpaired) electrons. The SMILES string of the molecule is COCCN(c1ccc(CCN)c(Br)c1)C(C)C1CC1. The molecule has 0 heterocycles. The quantitative estimate of drug-likeness (QED) is 0.789. The molecule has 0 spiro atoms. The van der Waals surface area contributed by atoms with Crippen LogP contribution < -0.4 is 10.6 Å². The van der Waals surface area contributed by atoms with Gasteiger partial charge in [0.25, 0.3) is 0 Å². The third-order valence-corrected chi connectivity index (χ3v) is 4.85. The molecule has 1 fully saturated rings. The monoisotopic (exact) mass is 340 g/mol. The van der Waals surface area contributed by atoms with Crippen LogP contribution >= 0.6 is 15.9 Å². The molecule has 0 aliphatic heterocycles. The van der Waals surface area contributed by atoms with Crippen molar-refractivity contribution in [2.24, 2.45) is 11.7 Å². The summed E-state index contributed by atoms with van der Waals surface area (Å²) in [7, 11) is 1.76. The van der Waals surface area contributed by atoms with Crippen LogP contribution in [0.1, 0.15) is 25.3 Å². The number of halogens is 1. The molecule has 112 valence electrons. The van der Waals surface area contributed by atoms with Crippen LogP contribution in [0.25, 0.3) is 0 Å². The van der Waals surface area contributed by atoms with Gasteiger partial charge >= 0.3 is 0 Å². The molecule has 1 aromatic rings. The Labute approximate surface area is 130 Å². The maximum atomic E-state index is 5.64. The Morgan fingerprint density at radius 3 is 2.75 bits per heavy atom. The molecule has 2 N–H and O–H groups in total. The van der Waals surface area contributed by atoms with Gasteiger partial charge in [-0.25, -0.2) is 0 Å². The minimum absolute atomic E-state index is 0.581. The molecule has 1 aromatic carbocycles. The number of nitrogens with zero attached hydrogens (tertiary/aromatic N) is 1. The molecule has 0 amide bonds. The van der Waals surface area contributed by atoms with E-state index in [1.807, 2.05) is 0 Å². The second kappa shape index (κ2) is 7.43. The molecule has 1 unspecified atom stereocenters. The van der Waals surface area contributed by atoms with E-state index in [0.29, 0.717) is 12.6 Å². The lowest BCUT2D eigenvalue weighted by molar-refractivity contribution is 0.202. The molecule has 0 aromatic heterocycles. The summed E-state index contributed by atoms with van der Waals surface area (Å²) in [6.07, 6.45) is 3.63. The van der Waals surface area contributed by atoms with Crippen LogP contribution in [-0.2, 0) is 11.2 Å². The first kappa shape index (κ1) is 15.8. The molecule has 1 atom stereocenters. The Kier molecular flexibility index (Phi) is 5.87. The van der Waals surface area contributed by atoms with Gasteiger partial charge in [-0.05, 0) is 56.3 Å². The van der Waals surface area contributed by atoms with E-state index >= 15 is 0 Å². The molecule has 3 nitrogen and oxygen atoms in total. The summed E-state index contributed by atoms with van der Waals surface area (Å²) in [6.45, 7) is 4.72. The summed E-state index contributed by atoms with van der Waals surface area (Å²) in [4.78, 5) is 2.47. The number of ether oxygens (including phenoxy) is 1. The average Bonchev–Trinajstić information content (AvgIpc) is 3.26. The van der Waals surface area contributed by atoms with E-state index in [1.165, 1.54) is 24.1 Å².